The minimum absolute atomic E-state index is 0.0578. The second-order valence-corrected chi connectivity index (χ2v) is 13.1. The summed E-state index contributed by atoms with van der Waals surface area (Å²) in [6.45, 7) is 6.78. The zero-order valence-corrected chi connectivity index (χ0v) is 24.8. The number of halogens is 3. The summed E-state index contributed by atoms with van der Waals surface area (Å²) in [5.74, 6) is -0.905. The largest absolute Gasteiger partial charge is 0.350 e. The summed E-state index contributed by atoms with van der Waals surface area (Å²) < 4.78 is 27.2. The fraction of sp³-hybridized carbons (Fsp3) is 0.417. The molecule has 0 radical (unpaired) electrons. The van der Waals surface area contributed by atoms with Crippen molar-refractivity contribution >= 4 is 73.3 Å². The molecule has 0 saturated carbocycles. The molecule has 2 amide bonds. The van der Waals surface area contributed by atoms with E-state index < -0.39 is 34.1 Å². The van der Waals surface area contributed by atoms with E-state index in [1.807, 2.05) is 20.8 Å². The molecule has 11 heteroatoms. The molecule has 2 rings (SSSR count). The summed E-state index contributed by atoms with van der Waals surface area (Å²) in [6, 6.07) is 10.9. The molecule has 0 aromatic heterocycles. The highest BCUT2D eigenvalue weighted by Crippen LogP contribution is 2.28. The highest BCUT2D eigenvalue weighted by molar-refractivity contribution is 14.1. The average Bonchev–Trinajstić information content (AvgIpc) is 2.72. The van der Waals surface area contributed by atoms with Crippen LogP contribution in [0.4, 0.5) is 5.69 Å². The Morgan fingerprint density at radius 1 is 1.06 bits per heavy atom. The normalized spacial score (nSPS) is 12.7. The van der Waals surface area contributed by atoms with Crippen LogP contribution >= 0.6 is 45.8 Å². The van der Waals surface area contributed by atoms with Gasteiger partial charge in [-0.25, -0.2) is 8.42 Å². The molecular weight excluding hydrogens is 624 g/mol. The van der Waals surface area contributed by atoms with Gasteiger partial charge in [-0.2, -0.15) is 0 Å². The molecule has 7 nitrogen and oxygen atoms in total. The first-order valence-electron chi connectivity index (χ1n) is 10.9. The third kappa shape index (κ3) is 8.51. The molecule has 0 saturated heterocycles. The number of sulfonamides is 1. The first-order valence-corrected chi connectivity index (χ1v) is 14.6. The zero-order valence-electron chi connectivity index (χ0n) is 20.3. The van der Waals surface area contributed by atoms with E-state index in [1.165, 1.54) is 4.90 Å². The summed E-state index contributed by atoms with van der Waals surface area (Å²) in [4.78, 5) is 28.2. The van der Waals surface area contributed by atoms with Gasteiger partial charge in [0, 0.05) is 31.3 Å². The van der Waals surface area contributed by atoms with Crippen LogP contribution in [-0.4, -0.2) is 49.5 Å². The topological polar surface area (TPSA) is 86.8 Å². The molecule has 1 N–H and O–H groups in total. The van der Waals surface area contributed by atoms with E-state index in [0.29, 0.717) is 27.7 Å². The van der Waals surface area contributed by atoms with Crippen molar-refractivity contribution in [2.45, 2.75) is 52.2 Å². The molecule has 0 aliphatic heterocycles. The second-order valence-electron chi connectivity index (χ2n) is 9.13. The Bertz CT molecular complexity index is 1150. The Kier molecular flexibility index (Phi) is 10.3. The molecule has 2 aromatic carbocycles. The number of carbonyl (C=O) groups excluding carboxylic acids is 2. The van der Waals surface area contributed by atoms with Gasteiger partial charge in [0.25, 0.3) is 0 Å². The van der Waals surface area contributed by atoms with Crippen LogP contribution in [0.1, 0.15) is 39.7 Å². The summed E-state index contributed by atoms with van der Waals surface area (Å²) in [5, 5.41) is 3.60. The predicted octanol–water partition coefficient (Wildman–Crippen LogP) is 5.09. The molecule has 0 aliphatic carbocycles. The van der Waals surface area contributed by atoms with Crippen molar-refractivity contribution in [2.24, 2.45) is 0 Å². The minimum atomic E-state index is -3.80. The van der Waals surface area contributed by atoms with Crippen molar-refractivity contribution in [1.82, 2.24) is 10.2 Å². The highest BCUT2D eigenvalue weighted by Gasteiger charge is 2.33. The molecule has 0 aliphatic rings. The van der Waals surface area contributed by atoms with Crippen LogP contribution in [-0.2, 0) is 26.2 Å². The van der Waals surface area contributed by atoms with Crippen molar-refractivity contribution in [2.75, 3.05) is 17.1 Å². The van der Waals surface area contributed by atoms with Gasteiger partial charge in [0.2, 0.25) is 21.8 Å². The van der Waals surface area contributed by atoms with Gasteiger partial charge in [-0.05, 0) is 86.2 Å². The van der Waals surface area contributed by atoms with Gasteiger partial charge in [-0.1, -0.05) is 36.2 Å². The Morgan fingerprint density at radius 2 is 1.60 bits per heavy atom. The van der Waals surface area contributed by atoms with E-state index in [0.717, 1.165) is 14.1 Å². The van der Waals surface area contributed by atoms with Gasteiger partial charge >= 0.3 is 0 Å². The maximum absolute atomic E-state index is 13.7. The Labute approximate surface area is 231 Å². The molecular formula is C24H30Cl2IN3O4S. The molecule has 192 valence electrons. The zero-order chi connectivity index (χ0) is 26.6. The molecule has 0 spiro atoms. The van der Waals surface area contributed by atoms with Crippen LogP contribution in [0, 0.1) is 3.57 Å². The van der Waals surface area contributed by atoms with Crippen molar-refractivity contribution in [1.29, 1.82) is 0 Å². The van der Waals surface area contributed by atoms with E-state index in [9.17, 15) is 18.0 Å². The van der Waals surface area contributed by atoms with Gasteiger partial charge in [0.05, 0.1) is 11.9 Å². The van der Waals surface area contributed by atoms with Crippen molar-refractivity contribution in [3.8, 4) is 0 Å². The molecule has 0 heterocycles. The molecule has 1 unspecified atom stereocenters. The van der Waals surface area contributed by atoms with Gasteiger partial charge < -0.3 is 10.2 Å². The smallest absolute Gasteiger partial charge is 0.244 e. The number of benzene rings is 2. The maximum atomic E-state index is 13.7. The van der Waals surface area contributed by atoms with Crippen LogP contribution in [0.15, 0.2) is 42.5 Å². The molecule has 2 aromatic rings. The fourth-order valence-corrected chi connectivity index (χ4v) is 5.17. The predicted molar refractivity (Wildman–Crippen MR) is 150 cm³/mol. The van der Waals surface area contributed by atoms with Crippen LogP contribution in [0.25, 0.3) is 0 Å². The monoisotopic (exact) mass is 653 g/mol. The SMILES string of the molecule is CCC(C(=O)NC(C)(C)C)N(Cc1c(Cl)cccc1Cl)C(=O)CN(c1ccc(I)cc1)S(C)(=O)=O. The Balaban J connectivity index is 2.51. The van der Waals surface area contributed by atoms with Gasteiger partial charge in [-0.15, -0.1) is 0 Å². The lowest BCUT2D eigenvalue weighted by Crippen LogP contribution is -2.55. The van der Waals surface area contributed by atoms with E-state index in [4.69, 9.17) is 23.2 Å². The van der Waals surface area contributed by atoms with Gasteiger partial charge in [-0.3, -0.25) is 13.9 Å². The van der Waals surface area contributed by atoms with E-state index in [1.54, 1.807) is 49.4 Å². The lowest BCUT2D eigenvalue weighted by Gasteiger charge is -2.34. The van der Waals surface area contributed by atoms with Crippen molar-refractivity contribution in [3.05, 3.63) is 61.6 Å². The van der Waals surface area contributed by atoms with Crippen LogP contribution < -0.4 is 9.62 Å². The standard InChI is InChI=1S/C24H30Cl2IN3O4S/c1-6-21(23(32)28-24(2,3)4)29(14-18-19(25)8-7-9-20(18)26)22(31)15-30(35(5,33)34)17-12-10-16(27)11-13-17/h7-13,21H,6,14-15H2,1-5H3,(H,28,32). The van der Waals surface area contributed by atoms with E-state index in [2.05, 4.69) is 27.9 Å². The van der Waals surface area contributed by atoms with E-state index in [-0.39, 0.29) is 12.5 Å². The number of rotatable bonds is 9. The Morgan fingerprint density at radius 3 is 2.06 bits per heavy atom. The highest BCUT2D eigenvalue weighted by atomic mass is 127. The van der Waals surface area contributed by atoms with Crippen LogP contribution in [0.2, 0.25) is 10.0 Å². The summed E-state index contributed by atoms with van der Waals surface area (Å²) >= 11 is 14.9. The number of amides is 2. The summed E-state index contributed by atoms with van der Waals surface area (Å²) in [6.07, 6.45) is 1.34. The molecule has 0 bridgehead atoms. The maximum Gasteiger partial charge on any atom is 0.244 e. The van der Waals surface area contributed by atoms with Crippen molar-refractivity contribution < 1.29 is 18.0 Å². The summed E-state index contributed by atoms with van der Waals surface area (Å²) in [5.41, 5.74) is 0.303. The lowest BCUT2D eigenvalue weighted by atomic mass is 10.1. The number of carbonyl (C=O) groups is 2. The van der Waals surface area contributed by atoms with Crippen LogP contribution in [0.5, 0.6) is 0 Å². The second kappa shape index (κ2) is 12.1. The molecule has 1 atom stereocenters. The quantitative estimate of drug-likeness (QED) is 0.382. The molecule has 35 heavy (non-hydrogen) atoms. The van der Waals surface area contributed by atoms with Crippen molar-refractivity contribution in [3.63, 3.8) is 0 Å². The third-order valence-electron chi connectivity index (χ3n) is 5.07. The fourth-order valence-electron chi connectivity index (χ4n) is 3.45. The first kappa shape index (κ1) is 29.7. The number of hydrogen-bond donors (Lipinski definition) is 1. The number of anilines is 1. The Hall–Kier alpha value is -1.56. The van der Waals surface area contributed by atoms with Gasteiger partial charge in [0.1, 0.15) is 12.6 Å². The number of nitrogens with one attached hydrogen (secondary N) is 1. The van der Waals surface area contributed by atoms with Gasteiger partial charge in [0.15, 0.2) is 0 Å². The lowest BCUT2D eigenvalue weighted by molar-refractivity contribution is -0.141. The minimum Gasteiger partial charge on any atom is -0.350 e. The number of hydrogen-bond acceptors (Lipinski definition) is 4. The first-order chi connectivity index (χ1) is 16.1. The van der Waals surface area contributed by atoms with Crippen LogP contribution in [0.3, 0.4) is 0 Å². The summed E-state index contributed by atoms with van der Waals surface area (Å²) in [7, 11) is -3.80. The number of nitrogens with zero attached hydrogens (tertiary/aromatic N) is 2. The third-order valence-corrected chi connectivity index (χ3v) is 7.64. The molecule has 0 fully saturated rings. The van der Waals surface area contributed by atoms with E-state index >= 15 is 0 Å². The average molecular weight is 654 g/mol.